The number of rotatable bonds is 4. The minimum atomic E-state index is -0.593. The Morgan fingerprint density at radius 2 is 2.25 bits per heavy atom. The van der Waals surface area contributed by atoms with Gasteiger partial charge in [0, 0.05) is 24.3 Å². The number of hydrogen-bond donors (Lipinski definition) is 0. The highest BCUT2D eigenvalue weighted by molar-refractivity contribution is 6.30. The second-order valence-corrected chi connectivity index (χ2v) is 6.21. The Bertz CT molecular complexity index is 711. The van der Waals surface area contributed by atoms with Crippen molar-refractivity contribution >= 4 is 17.5 Å². The van der Waals surface area contributed by atoms with Crippen LogP contribution in [-0.2, 0) is 11.3 Å². The van der Waals surface area contributed by atoms with Crippen LogP contribution in [0.5, 0.6) is 0 Å². The highest BCUT2D eigenvalue weighted by atomic mass is 35.5. The molecule has 0 spiro atoms. The number of piperidine rings is 1. The van der Waals surface area contributed by atoms with Gasteiger partial charge >= 0.3 is 0 Å². The number of pyridine rings is 1. The highest BCUT2D eigenvalue weighted by Gasteiger charge is 2.26. The van der Waals surface area contributed by atoms with Crippen molar-refractivity contribution in [1.82, 2.24) is 9.88 Å². The molecule has 2 heterocycles. The lowest BCUT2D eigenvalue weighted by Gasteiger charge is -2.32. The quantitative estimate of drug-likeness (QED) is 0.846. The van der Waals surface area contributed by atoms with Gasteiger partial charge in [0.2, 0.25) is 0 Å². The third kappa shape index (κ3) is 4.10. The van der Waals surface area contributed by atoms with Crippen LogP contribution in [0.3, 0.4) is 0 Å². The molecular formula is C18H18ClFN2O2. The Labute approximate surface area is 145 Å². The van der Waals surface area contributed by atoms with Crippen LogP contribution in [-0.4, -0.2) is 35.0 Å². The number of carbonyl (C=O) groups excluding carboxylic acids is 1. The Kier molecular flexibility index (Phi) is 5.43. The SMILES string of the molecule is O=C(c1ccc(Cl)cc1F)N1CCCC(OCc2ccccn2)C1. The summed E-state index contributed by atoms with van der Waals surface area (Å²) in [5.74, 6) is -0.917. The third-order valence-corrected chi connectivity index (χ3v) is 4.26. The topological polar surface area (TPSA) is 42.4 Å². The van der Waals surface area contributed by atoms with Crippen molar-refractivity contribution in [2.75, 3.05) is 13.1 Å². The predicted molar refractivity (Wildman–Crippen MR) is 89.4 cm³/mol. The van der Waals surface area contributed by atoms with Gasteiger partial charge in [-0.2, -0.15) is 0 Å². The molecule has 6 heteroatoms. The summed E-state index contributed by atoms with van der Waals surface area (Å²) >= 11 is 5.74. The first-order chi connectivity index (χ1) is 11.6. The summed E-state index contributed by atoms with van der Waals surface area (Å²) in [6.07, 6.45) is 3.35. The molecule has 3 rings (SSSR count). The standard InChI is InChI=1S/C18H18ClFN2O2/c19-13-6-7-16(17(20)10-13)18(23)22-9-3-5-15(11-22)24-12-14-4-1-2-8-21-14/h1-2,4,6-8,10,15H,3,5,9,11-12H2. The van der Waals surface area contributed by atoms with E-state index in [9.17, 15) is 9.18 Å². The van der Waals surface area contributed by atoms with Crippen molar-refractivity contribution in [3.63, 3.8) is 0 Å². The van der Waals surface area contributed by atoms with Gasteiger partial charge in [0.15, 0.2) is 0 Å². The number of benzene rings is 1. The Hall–Kier alpha value is -1.98. The number of ether oxygens (including phenoxy) is 1. The fourth-order valence-electron chi connectivity index (χ4n) is 2.78. The number of amides is 1. The van der Waals surface area contributed by atoms with E-state index in [0.717, 1.165) is 24.6 Å². The fraction of sp³-hybridized carbons (Fsp3) is 0.333. The molecule has 1 aliphatic heterocycles. The molecule has 1 saturated heterocycles. The lowest BCUT2D eigenvalue weighted by Crippen LogP contribution is -2.43. The summed E-state index contributed by atoms with van der Waals surface area (Å²) in [7, 11) is 0. The number of hydrogen-bond acceptors (Lipinski definition) is 3. The normalized spacial score (nSPS) is 17.8. The van der Waals surface area contributed by atoms with Crippen molar-refractivity contribution in [3.8, 4) is 0 Å². The number of likely N-dealkylation sites (tertiary alicyclic amines) is 1. The summed E-state index contributed by atoms with van der Waals surface area (Å²) in [4.78, 5) is 18.4. The average Bonchev–Trinajstić information content (AvgIpc) is 2.61. The van der Waals surface area contributed by atoms with E-state index in [0.29, 0.717) is 19.7 Å². The molecule has 1 aliphatic rings. The van der Waals surface area contributed by atoms with Crippen LogP contribution >= 0.6 is 11.6 Å². The van der Waals surface area contributed by atoms with E-state index >= 15 is 0 Å². The first-order valence-corrected chi connectivity index (χ1v) is 8.27. The molecule has 4 nitrogen and oxygen atoms in total. The van der Waals surface area contributed by atoms with Gasteiger partial charge in [-0.1, -0.05) is 17.7 Å². The molecular weight excluding hydrogens is 331 g/mol. The lowest BCUT2D eigenvalue weighted by atomic mass is 10.1. The van der Waals surface area contributed by atoms with Crippen LogP contribution in [0.4, 0.5) is 4.39 Å². The first kappa shape index (κ1) is 16.9. The molecule has 1 aromatic heterocycles. The minimum absolute atomic E-state index is 0.0461. The zero-order chi connectivity index (χ0) is 16.9. The molecule has 0 N–H and O–H groups in total. The number of nitrogens with zero attached hydrogens (tertiary/aromatic N) is 2. The van der Waals surface area contributed by atoms with Gasteiger partial charge in [-0.15, -0.1) is 0 Å². The maximum atomic E-state index is 14.0. The third-order valence-electron chi connectivity index (χ3n) is 4.02. The molecule has 1 atom stereocenters. The molecule has 1 unspecified atom stereocenters. The van der Waals surface area contributed by atoms with E-state index in [-0.39, 0.29) is 22.6 Å². The van der Waals surface area contributed by atoms with Crippen molar-refractivity contribution in [3.05, 3.63) is 64.7 Å². The van der Waals surface area contributed by atoms with Crippen molar-refractivity contribution in [2.24, 2.45) is 0 Å². The summed E-state index contributed by atoms with van der Waals surface area (Å²) < 4.78 is 19.8. The van der Waals surface area contributed by atoms with E-state index in [4.69, 9.17) is 16.3 Å². The van der Waals surface area contributed by atoms with Gasteiger partial charge in [0.25, 0.3) is 5.91 Å². The molecule has 1 fully saturated rings. The van der Waals surface area contributed by atoms with Gasteiger partial charge in [-0.25, -0.2) is 4.39 Å². The van der Waals surface area contributed by atoms with Gasteiger partial charge in [-0.3, -0.25) is 9.78 Å². The van der Waals surface area contributed by atoms with Crippen LogP contribution in [0.25, 0.3) is 0 Å². The van der Waals surface area contributed by atoms with Crippen LogP contribution in [0.15, 0.2) is 42.6 Å². The van der Waals surface area contributed by atoms with Crippen LogP contribution in [0.2, 0.25) is 5.02 Å². The molecule has 1 amide bonds. The van der Waals surface area contributed by atoms with E-state index in [1.165, 1.54) is 12.1 Å². The summed E-state index contributed by atoms with van der Waals surface area (Å²) in [5.41, 5.74) is 0.898. The molecule has 2 aromatic rings. The number of carbonyl (C=O) groups is 1. The van der Waals surface area contributed by atoms with E-state index in [2.05, 4.69) is 4.98 Å². The van der Waals surface area contributed by atoms with E-state index < -0.39 is 5.82 Å². The van der Waals surface area contributed by atoms with Crippen molar-refractivity contribution in [1.29, 1.82) is 0 Å². The van der Waals surface area contributed by atoms with Crippen LogP contribution in [0, 0.1) is 5.82 Å². The molecule has 0 bridgehead atoms. The Morgan fingerprint density at radius 3 is 3.00 bits per heavy atom. The van der Waals surface area contributed by atoms with Crippen molar-refractivity contribution in [2.45, 2.75) is 25.6 Å². The fourth-order valence-corrected chi connectivity index (χ4v) is 2.94. The van der Waals surface area contributed by atoms with Gasteiger partial charge in [-0.05, 0) is 43.2 Å². The Morgan fingerprint density at radius 1 is 1.38 bits per heavy atom. The second kappa shape index (κ2) is 7.73. The highest BCUT2D eigenvalue weighted by Crippen LogP contribution is 2.20. The zero-order valence-electron chi connectivity index (χ0n) is 13.1. The summed E-state index contributed by atoms with van der Waals surface area (Å²) in [6.45, 7) is 1.46. The Balaban J connectivity index is 1.61. The lowest BCUT2D eigenvalue weighted by molar-refractivity contribution is -0.00797. The largest absolute Gasteiger partial charge is 0.370 e. The van der Waals surface area contributed by atoms with Crippen molar-refractivity contribution < 1.29 is 13.9 Å². The molecule has 126 valence electrons. The van der Waals surface area contributed by atoms with Gasteiger partial charge in [0.1, 0.15) is 5.82 Å². The minimum Gasteiger partial charge on any atom is -0.370 e. The molecule has 24 heavy (non-hydrogen) atoms. The monoisotopic (exact) mass is 348 g/mol. The van der Waals surface area contributed by atoms with Crippen LogP contribution < -0.4 is 0 Å². The predicted octanol–water partition coefficient (Wildman–Crippen LogP) is 3.70. The summed E-state index contributed by atoms with van der Waals surface area (Å²) in [6, 6.07) is 9.77. The molecule has 0 radical (unpaired) electrons. The second-order valence-electron chi connectivity index (χ2n) is 5.77. The van der Waals surface area contributed by atoms with Gasteiger partial charge in [0.05, 0.1) is 24.0 Å². The maximum Gasteiger partial charge on any atom is 0.256 e. The molecule has 1 aromatic carbocycles. The number of halogens is 2. The summed E-state index contributed by atoms with van der Waals surface area (Å²) in [5, 5.41) is 0.277. The van der Waals surface area contributed by atoms with Crippen LogP contribution in [0.1, 0.15) is 28.9 Å². The zero-order valence-corrected chi connectivity index (χ0v) is 13.9. The van der Waals surface area contributed by atoms with E-state index in [1.807, 2.05) is 18.2 Å². The smallest absolute Gasteiger partial charge is 0.256 e. The van der Waals surface area contributed by atoms with Gasteiger partial charge < -0.3 is 9.64 Å². The van der Waals surface area contributed by atoms with E-state index in [1.54, 1.807) is 11.1 Å². The average molecular weight is 349 g/mol. The first-order valence-electron chi connectivity index (χ1n) is 7.89. The number of aromatic nitrogens is 1. The molecule has 0 saturated carbocycles. The maximum absolute atomic E-state index is 14.0. The molecule has 0 aliphatic carbocycles.